The number of nitrogens with one attached hydrogen (secondary N) is 2. The van der Waals surface area contributed by atoms with Crippen LogP contribution in [0.15, 0.2) is 59.5 Å². The Morgan fingerprint density at radius 1 is 1.04 bits per heavy atom. The van der Waals surface area contributed by atoms with Crippen LogP contribution in [-0.4, -0.2) is 22.0 Å². The molecule has 3 aromatic rings. The van der Waals surface area contributed by atoms with Gasteiger partial charge in [0.25, 0.3) is 5.91 Å². The minimum absolute atomic E-state index is 0.0951. The molecule has 28 heavy (non-hydrogen) atoms. The van der Waals surface area contributed by atoms with Crippen LogP contribution in [0.25, 0.3) is 0 Å². The van der Waals surface area contributed by atoms with Gasteiger partial charge in [0.2, 0.25) is 11.0 Å². The molecule has 1 aromatic heterocycles. The van der Waals surface area contributed by atoms with Crippen LogP contribution in [0.4, 0.5) is 10.8 Å². The maximum atomic E-state index is 12.5. The monoisotopic (exact) mass is 412 g/mol. The van der Waals surface area contributed by atoms with E-state index in [1.807, 2.05) is 44.2 Å². The second kappa shape index (κ2) is 9.48. The molecule has 0 spiro atoms. The second-order valence-electron chi connectivity index (χ2n) is 6.28. The van der Waals surface area contributed by atoms with Gasteiger partial charge in [0.15, 0.2) is 0 Å². The van der Waals surface area contributed by atoms with Crippen LogP contribution in [0.1, 0.15) is 29.2 Å². The molecule has 144 valence electrons. The maximum absolute atomic E-state index is 12.5. The molecule has 0 radical (unpaired) electrons. The van der Waals surface area contributed by atoms with Crippen molar-refractivity contribution in [3.05, 3.63) is 65.2 Å². The first kappa shape index (κ1) is 20.0. The standard InChI is InChI=1S/C20H20N4O2S2/c1-13(2)18(25)21-15-8-6-7-14(11-15)19(26)22-20-24-23-17(28-20)12-27-16-9-4-3-5-10-16/h3-11,13H,12H2,1-2H3,(H,21,25)(H,22,24,26). The van der Waals surface area contributed by atoms with Crippen molar-refractivity contribution in [2.24, 2.45) is 5.92 Å². The summed E-state index contributed by atoms with van der Waals surface area (Å²) in [7, 11) is 0. The number of hydrogen-bond acceptors (Lipinski definition) is 6. The number of aromatic nitrogens is 2. The molecule has 2 N–H and O–H groups in total. The van der Waals surface area contributed by atoms with Crippen LogP contribution < -0.4 is 10.6 Å². The third-order valence-electron chi connectivity index (χ3n) is 3.71. The Kier molecular flexibility index (Phi) is 6.78. The third-order valence-corrected chi connectivity index (χ3v) is 5.75. The lowest BCUT2D eigenvalue weighted by Crippen LogP contribution is -2.18. The zero-order valence-electron chi connectivity index (χ0n) is 15.5. The average molecular weight is 413 g/mol. The van der Waals surface area contributed by atoms with Gasteiger partial charge in [-0.3, -0.25) is 14.9 Å². The van der Waals surface area contributed by atoms with E-state index in [-0.39, 0.29) is 17.7 Å². The topological polar surface area (TPSA) is 84.0 Å². The number of amides is 2. The number of hydrogen-bond donors (Lipinski definition) is 2. The highest BCUT2D eigenvalue weighted by Gasteiger charge is 2.12. The Labute approximate surface area is 171 Å². The number of thioether (sulfide) groups is 1. The maximum Gasteiger partial charge on any atom is 0.257 e. The van der Waals surface area contributed by atoms with Crippen LogP contribution in [0.2, 0.25) is 0 Å². The van der Waals surface area contributed by atoms with Gasteiger partial charge in [-0.1, -0.05) is 49.4 Å². The third kappa shape index (κ3) is 5.64. The van der Waals surface area contributed by atoms with E-state index in [0.717, 1.165) is 9.90 Å². The molecule has 0 atom stereocenters. The number of carbonyl (C=O) groups excluding carboxylic acids is 2. The number of rotatable bonds is 7. The Hall–Kier alpha value is -2.71. The van der Waals surface area contributed by atoms with Crippen molar-refractivity contribution in [1.29, 1.82) is 0 Å². The zero-order chi connectivity index (χ0) is 19.9. The van der Waals surface area contributed by atoms with Crippen molar-refractivity contribution < 1.29 is 9.59 Å². The van der Waals surface area contributed by atoms with Gasteiger partial charge in [0.05, 0.1) is 5.75 Å². The number of anilines is 2. The molecule has 0 saturated carbocycles. The molecule has 1 heterocycles. The lowest BCUT2D eigenvalue weighted by molar-refractivity contribution is -0.118. The SMILES string of the molecule is CC(C)C(=O)Nc1cccc(C(=O)Nc2nnc(CSc3ccccc3)s2)c1. The first-order valence-electron chi connectivity index (χ1n) is 8.74. The Morgan fingerprint density at radius 2 is 1.82 bits per heavy atom. The van der Waals surface area contributed by atoms with Crippen molar-refractivity contribution in [2.75, 3.05) is 10.6 Å². The molecule has 0 bridgehead atoms. The quantitative estimate of drug-likeness (QED) is 0.551. The van der Waals surface area contributed by atoms with Crippen molar-refractivity contribution in [1.82, 2.24) is 10.2 Å². The summed E-state index contributed by atoms with van der Waals surface area (Å²) in [6, 6.07) is 16.9. The van der Waals surface area contributed by atoms with Crippen LogP contribution >= 0.6 is 23.1 Å². The molecule has 6 nitrogen and oxygen atoms in total. The number of benzene rings is 2. The number of nitrogens with zero attached hydrogens (tertiary/aromatic N) is 2. The molecule has 8 heteroatoms. The first-order chi connectivity index (χ1) is 13.5. The molecule has 0 unspecified atom stereocenters. The fraction of sp³-hybridized carbons (Fsp3) is 0.200. The van der Waals surface area contributed by atoms with E-state index >= 15 is 0 Å². The van der Waals surface area contributed by atoms with Gasteiger partial charge in [-0.2, -0.15) is 0 Å². The van der Waals surface area contributed by atoms with E-state index in [4.69, 9.17) is 0 Å². The van der Waals surface area contributed by atoms with Crippen molar-refractivity contribution in [2.45, 2.75) is 24.5 Å². The number of carbonyl (C=O) groups is 2. The van der Waals surface area contributed by atoms with Gasteiger partial charge < -0.3 is 5.32 Å². The molecule has 0 aliphatic rings. The normalized spacial score (nSPS) is 10.7. The van der Waals surface area contributed by atoms with Crippen molar-refractivity contribution in [3.63, 3.8) is 0 Å². The van der Waals surface area contributed by atoms with Gasteiger partial charge in [0, 0.05) is 22.1 Å². The summed E-state index contributed by atoms with van der Waals surface area (Å²) in [6.07, 6.45) is 0. The molecular weight excluding hydrogens is 392 g/mol. The fourth-order valence-electron chi connectivity index (χ4n) is 2.22. The molecular formula is C20H20N4O2S2. The van der Waals surface area contributed by atoms with E-state index in [1.165, 1.54) is 11.3 Å². The van der Waals surface area contributed by atoms with E-state index in [1.54, 1.807) is 36.0 Å². The van der Waals surface area contributed by atoms with Gasteiger partial charge in [-0.05, 0) is 30.3 Å². The summed E-state index contributed by atoms with van der Waals surface area (Å²) in [5, 5.41) is 15.0. The average Bonchev–Trinajstić information content (AvgIpc) is 3.14. The Morgan fingerprint density at radius 3 is 2.57 bits per heavy atom. The lowest BCUT2D eigenvalue weighted by atomic mass is 10.1. The van der Waals surface area contributed by atoms with Gasteiger partial charge in [0.1, 0.15) is 5.01 Å². The van der Waals surface area contributed by atoms with Crippen LogP contribution in [0.3, 0.4) is 0 Å². The molecule has 0 aliphatic heterocycles. The van der Waals surface area contributed by atoms with Gasteiger partial charge >= 0.3 is 0 Å². The Balaban J connectivity index is 1.59. The predicted octanol–water partition coefficient (Wildman–Crippen LogP) is 4.68. The zero-order valence-corrected chi connectivity index (χ0v) is 17.1. The summed E-state index contributed by atoms with van der Waals surface area (Å²) in [4.78, 5) is 25.5. The summed E-state index contributed by atoms with van der Waals surface area (Å²) in [5.41, 5.74) is 1.03. The van der Waals surface area contributed by atoms with Crippen LogP contribution in [-0.2, 0) is 10.5 Å². The molecule has 2 aromatic carbocycles. The Bertz CT molecular complexity index is 958. The van der Waals surface area contributed by atoms with Gasteiger partial charge in [-0.25, -0.2) is 0 Å². The molecule has 3 rings (SSSR count). The van der Waals surface area contributed by atoms with E-state index in [0.29, 0.717) is 22.1 Å². The van der Waals surface area contributed by atoms with Crippen LogP contribution in [0.5, 0.6) is 0 Å². The van der Waals surface area contributed by atoms with E-state index < -0.39 is 0 Å². The van der Waals surface area contributed by atoms with Crippen LogP contribution in [0, 0.1) is 5.92 Å². The molecule has 0 saturated heterocycles. The highest BCUT2D eigenvalue weighted by atomic mass is 32.2. The lowest BCUT2D eigenvalue weighted by Gasteiger charge is -2.09. The van der Waals surface area contributed by atoms with Crippen molar-refractivity contribution in [3.8, 4) is 0 Å². The summed E-state index contributed by atoms with van der Waals surface area (Å²) in [5.74, 6) is 0.168. The van der Waals surface area contributed by atoms with Gasteiger partial charge in [-0.15, -0.1) is 22.0 Å². The fourth-order valence-corrected chi connectivity index (χ4v) is 3.86. The first-order valence-corrected chi connectivity index (χ1v) is 10.5. The van der Waals surface area contributed by atoms with E-state index in [9.17, 15) is 9.59 Å². The molecule has 0 fully saturated rings. The predicted molar refractivity (Wildman–Crippen MR) is 114 cm³/mol. The summed E-state index contributed by atoms with van der Waals surface area (Å²) < 4.78 is 0. The summed E-state index contributed by atoms with van der Waals surface area (Å²) >= 11 is 3.02. The molecule has 2 amide bonds. The smallest absolute Gasteiger partial charge is 0.257 e. The highest BCUT2D eigenvalue weighted by molar-refractivity contribution is 7.98. The largest absolute Gasteiger partial charge is 0.326 e. The minimum atomic E-state index is -0.293. The van der Waals surface area contributed by atoms with E-state index in [2.05, 4.69) is 20.8 Å². The highest BCUT2D eigenvalue weighted by Crippen LogP contribution is 2.26. The second-order valence-corrected chi connectivity index (χ2v) is 8.39. The van der Waals surface area contributed by atoms with Crippen molar-refractivity contribution >= 4 is 45.7 Å². The summed E-state index contributed by atoms with van der Waals surface area (Å²) in [6.45, 7) is 3.63. The molecule has 0 aliphatic carbocycles. The minimum Gasteiger partial charge on any atom is -0.326 e.